The van der Waals surface area contributed by atoms with E-state index in [9.17, 15) is 10.1 Å². The van der Waals surface area contributed by atoms with E-state index in [1.807, 2.05) is 6.92 Å². The van der Waals surface area contributed by atoms with E-state index in [1.165, 1.54) is 11.3 Å². The van der Waals surface area contributed by atoms with Gasteiger partial charge in [0.2, 0.25) is 0 Å². The average molecular weight is 256 g/mol. The van der Waals surface area contributed by atoms with Crippen LogP contribution in [-0.4, -0.2) is 25.1 Å². The summed E-state index contributed by atoms with van der Waals surface area (Å²) in [6.45, 7) is 3.90. The topological polar surface area (TPSA) is 55.6 Å². The van der Waals surface area contributed by atoms with E-state index >= 15 is 0 Å². The molecule has 2 heterocycles. The second kappa shape index (κ2) is 5.01. The molecule has 5 nitrogen and oxygen atoms in total. The third kappa shape index (κ3) is 2.42. The van der Waals surface area contributed by atoms with Gasteiger partial charge in [0, 0.05) is 31.8 Å². The third-order valence-corrected chi connectivity index (χ3v) is 4.26. The van der Waals surface area contributed by atoms with Crippen LogP contribution < -0.4 is 4.90 Å². The third-order valence-electron chi connectivity index (χ3n) is 3.09. The predicted molar refractivity (Wildman–Crippen MR) is 67.8 cm³/mol. The van der Waals surface area contributed by atoms with Crippen molar-refractivity contribution in [2.75, 3.05) is 25.1 Å². The first kappa shape index (κ1) is 12.3. The highest BCUT2D eigenvalue weighted by Gasteiger charge is 2.25. The quantitative estimate of drug-likeness (QED) is 0.614. The Hall–Kier alpha value is -1.14. The van der Waals surface area contributed by atoms with Crippen LogP contribution in [0.25, 0.3) is 0 Å². The van der Waals surface area contributed by atoms with Gasteiger partial charge in [0.25, 0.3) is 0 Å². The molecule has 6 heteroatoms. The van der Waals surface area contributed by atoms with Crippen LogP contribution in [0.3, 0.4) is 0 Å². The van der Waals surface area contributed by atoms with Crippen molar-refractivity contribution in [1.29, 1.82) is 0 Å². The largest absolute Gasteiger partial charge is 0.377 e. The zero-order valence-corrected chi connectivity index (χ0v) is 10.8. The fourth-order valence-electron chi connectivity index (χ4n) is 2.06. The summed E-state index contributed by atoms with van der Waals surface area (Å²) in [5, 5.41) is 12.1. The van der Waals surface area contributed by atoms with E-state index in [-0.39, 0.29) is 16.0 Å². The van der Waals surface area contributed by atoms with Crippen molar-refractivity contribution in [2.45, 2.75) is 25.9 Å². The maximum Gasteiger partial charge on any atom is 0.326 e. The van der Waals surface area contributed by atoms with Crippen molar-refractivity contribution >= 4 is 21.3 Å². The molecule has 0 N–H and O–H groups in total. The lowest BCUT2D eigenvalue weighted by Crippen LogP contribution is -2.18. The fraction of sp³-hybridized carbons (Fsp3) is 0.636. The Morgan fingerprint density at radius 1 is 1.53 bits per heavy atom. The second-order valence-electron chi connectivity index (χ2n) is 4.17. The number of nitro groups is 1. The van der Waals surface area contributed by atoms with E-state index in [0.717, 1.165) is 36.5 Å². The summed E-state index contributed by atoms with van der Waals surface area (Å²) in [7, 11) is 1.63. The normalized spacial score (nSPS) is 17.4. The van der Waals surface area contributed by atoms with Crippen LogP contribution in [-0.2, 0) is 4.74 Å². The van der Waals surface area contributed by atoms with Gasteiger partial charge in [-0.3, -0.25) is 10.1 Å². The van der Waals surface area contributed by atoms with Crippen LogP contribution in [0.1, 0.15) is 31.4 Å². The van der Waals surface area contributed by atoms with E-state index in [4.69, 9.17) is 4.74 Å². The zero-order valence-electron chi connectivity index (χ0n) is 10.0. The molecular weight excluding hydrogens is 240 g/mol. The lowest BCUT2D eigenvalue weighted by Gasteiger charge is -2.19. The van der Waals surface area contributed by atoms with Gasteiger partial charge in [0.05, 0.1) is 11.0 Å². The molecule has 0 aromatic carbocycles. The summed E-state index contributed by atoms with van der Waals surface area (Å²) >= 11 is 1.26. The molecule has 1 fully saturated rings. The number of nitrogens with zero attached hydrogens (tertiary/aromatic N) is 2. The van der Waals surface area contributed by atoms with Crippen molar-refractivity contribution in [2.24, 2.45) is 0 Å². The fourth-order valence-corrected chi connectivity index (χ4v) is 3.17. The van der Waals surface area contributed by atoms with Crippen molar-refractivity contribution in [3.05, 3.63) is 21.7 Å². The lowest BCUT2D eigenvalue weighted by molar-refractivity contribution is -0.380. The Kier molecular flexibility index (Phi) is 3.63. The molecule has 0 aliphatic carbocycles. The molecule has 0 saturated carbocycles. The number of anilines is 1. The molecule has 1 atom stereocenters. The van der Waals surface area contributed by atoms with Gasteiger partial charge >= 0.3 is 5.00 Å². The SMILES string of the molecule is COC(C)c1cc([N+](=O)[O-])sc1N1CCCC1. The van der Waals surface area contributed by atoms with E-state index in [1.54, 1.807) is 13.2 Å². The minimum absolute atomic E-state index is 0.101. The first-order valence-corrected chi connectivity index (χ1v) is 6.51. The molecule has 1 aliphatic heterocycles. The number of thiophene rings is 1. The molecule has 17 heavy (non-hydrogen) atoms. The first-order chi connectivity index (χ1) is 8.13. The number of rotatable bonds is 4. The van der Waals surface area contributed by atoms with Crippen molar-refractivity contribution < 1.29 is 9.66 Å². The van der Waals surface area contributed by atoms with Crippen molar-refractivity contribution in [3.8, 4) is 0 Å². The van der Waals surface area contributed by atoms with Crippen LogP contribution in [0.15, 0.2) is 6.07 Å². The standard InChI is InChI=1S/C11H16N2O3S/c1-8(16-2)9-7-10(13(14)15)17-11(9)12-5-3-4-6-12/h7-8H,3-6H2,1-2H3. The zero-order chi connectivity index (χ0) is 12.4. The summed E-state index contributed by atoms with van der Waals surface area (Å²) < 4.78 is 5.29. The Labute approximate surface area is 104 Å². The van der Waals surface area contributed by atoms with E-state index < -0.39 is 0 Å². The highest BCUT2D eigenvalue weighted by molar-refractivity contribution is 7.19. The minimum Gasteiger partial charge on any atom is -0.377 e. The molecule has 94 valence electrons. The molecule has 1 aromatic heterocycles. The number of methoxy groups -OCH3 is 1. The van der Waals surface area contributed by atoms with Gasteiger partial charge in [-0.05, 0) is 31.1 Å². The predicted octanol–water partition coefficient (Wildman–Crippen LogP) is 2.96. The van der Waals surface area contributed by atoms with Gasteiger partial charge in [-0.2, -0.15) is 0 Å². The number of hydrogen-bond donors (Lipinski definition) is 0. The van der Waals surface area contributed by atoms with Crippen molar-refractivity contribution in [3.63, 3.8) is 0 Å². The Bertz CT molecular complexity index is 413. The van der Waals surface area contributed by atoms with E-state index in [0.29, 0.717) is 0 Å². The number of ether oxygens (including phenoxy) is 1. The molecule has 1 saturated heterocycles. The monoisotopic (exact) mass is 256 g/mol. The molecular formula is C11H16N2O3S. The molecule has 0 bridgehead atoms. The molecule has 1 aromatic rings. The number of hydrogen-bond acceptors (Lipinski definition) is 5. The smallest absolute Gasteiger partial charge is 0.326 e. The maximum atomic E-state index is 10.8. The summed E-state index contributed by atoms with van der Waals surface area (Å²) in [6.07, 6.45) is 2.22. The van der Waals surface area contributed by atoms with Gasteiger partial charge < -0.3 is 9.64 Å². The van der Waals surface area contributed by atoms with Gasteiger partial charge in [-0.25, -0.2) is 0 Å². The van der Waals surface area contributed by atoms with E-state index in [2.05, 4.69) is 4.90 Å². The molecule has 2 rings (SSSR count). The Balaban J connectivity index is 2.36. The second-order valence-corrected chi connectivity index (χ2v) is 5.18. The van der Waals surface area contributed by atoms with Gasteiger partial charge in [0.15, 0.2) is 0 Å². The summed E-state index contributed by atoms with van der Waals surface area (Å²) in [5.41, 5.74) is 0.936. The first-order valence-electron chi connectivity index (χ1n) is 5.69. The molecule has 0 spiro atoms. The summed E-state index contributed by atoms with van der Waals surface area (Å²) in [6, 6.07) is 1.65. The van der Waals surface area contributed by atoms with Gasteiger partial charge in [0.1, 0.15) is 5.00 Å². The molecule has 1 unspecified atom stereocenters. The van der Waals surface area contributed by atoms with Gasteiger partial charge in [-0.15, -0.1) is 0 Å². The highest BCUT2D eigenvalue weighted by Crippen LogP contribution is 2.41. The maximum absolute atomic E-state index is 10.8. The lowest BCUT2D eigenvalue weighted by atomic mass is 10.2. The average Bonchev–Trinajstić information content (AvgIpc) is 2.95. The Morgan fingerprint density at radius 2 is 2.18 bits per heavy atom. The van der Waals surface area contributed by atoms with Crippen LogP contribution in [0.4, 0.5) is 10.0 Å². The Morgan fingerprint density at radius 3 is 2.71 bits per heavy atom. The molecule has 1 aliphatic rings. The van der Waals surface area contributed by atoms with Crippen molar-refractivity contribution in [1.82, 2.24) is 0 Å². The molecule has 0 radical (unpaired) electrons. The summed E-state index contributed by atoms with van der Waals surface area (Å²) in [4.78, 5) is 12.8. The van der Waals surface area contributed by atoms with Crippen LogP contribution in [0, 0.1) is 10.1 Å². The van der Waals surface area contributed by atoms with Crippen LogP contribution in [0.5, 0.6) is 0 Å². The van der Waals surface area contributed by atoms with Gasteiger partial charge in [-0.1, -0.05) is 0 Å². The highest BCUT2D eigenvalue weighted by atomic mass is 32.1. The molecule has 0 amide bonds. The van der Waals surface area contributed by atoms with Crippen LogP contribution >= 0.6 is 11.3 Å². The van der Waals surface area contributed by atoms with Crippen LogP contribution in [0.2, 0.25) is 0 Å². The summed E-state index contributed by atoms with van der Waals surface area (Å²) in [5.74, 6) is 0. The minimum atomic E-state index is -0.323.